The summed E-state index contributed by atoms with van der Waals surface area (Å²) in [5, 5.41) is 9.02. The molecule has 0 aliphatic heterocycles. The second-order valence-corrected chi connectivity index (χ2v) is 5.58. The van der Waals surface area contributed by atoms with Crippen molar-refractivity contribution in [1.29, 1.82) is 5.26 Å². The van der Waals surface area contributed by atoms with Crippen LogP contribution in [0.5, 0.6) is 0 Å². The predicted octanol–water partition coefficient (Wildman–Crippen LogP) is 3.72. The fourth-order valence-corrected chi connectivity index (χ4v) is 2.72. The first kappa shape index (κ1) is 14.6. The molecule has 5 nitrogen and oxygen atoms in total. The van der Waals surface area contributed by atoms with Gasteiger partial charge in [0.05, 0.1) is 0 Å². The van der Waals surface area contributed by atoms with E-state index in [2.05, 4.69) is 15.0 Å². The number of imidazole rings is 1. The molecule has 0 radical (unpaired) electrons. The Balaban J connectivity index is 2.02. The number of hydrogen-bond acceptors (Lipinski definition) is 4. The number of pyridine rings is 2. The number of nitriles is 1. The number of rotatable bonds is 2. The third-order valence-electron chi connectivity index (χ3n) is 3.88. The van der Waals surface area contributed by atoms with Gasteiger partial charge in [-0.15, -0.1) is 0 Å². The Bertz CT molecular complexity index is 980. The first-order valence-corrected chi connectivity index (χ1v) is 7.30. The van der Waals surface area contributed by atoms with Gasteiger partial charge in [-0.1, -0.05) is 0 Å². The fraction of sp³-hybridized carbons (Fsp3) is 0.250. The minimum absolute atomic E-state index is 0.0488. The van der Waals surface area contributed by atoms with Gasteiger partial charge in [0.1, 0.15) is 23.1 Å². The van der Waals surface area contributed by atoms with E-state index >= 15 is 0 Å². The van der Waals surface area contributed by atoms with Crippen LogP contribution in [0.4, 0.5) is 13.2 Å². The monoisotopic (exact) mass is 329 g/mol. The normalized spacial score (nSPS) is 14.8. The summed E-state index contributed by atoms with van der Waals surface area (Å²) < 4.78 is 41.6. The van der Waals surface area contributed by atoms with E-state index < -0.39 is 11.9 Å². The zero-order valence-electron chi connectivity index (χ0n) is 12.2. The number of fused-ring (bicyclic) bond motifs is 1. The molecule has 4 rings (SSSR count). The molecule has 0 bridgehead atoms. The molecule has 0 atom stereocenters. The molecule has 1 aliphatic carbocycles. The summed E-state index contributed by atoms with van der Waals surface area (Å²) in [5.41, 5.74) is 0.0607. The Morgan fingerprint density at radius 3 is 2.62 bits per heavy atom. The largest absolute Gasteiger partial charge is 0.434 e. The molecule has 0 unspecified atom stereocenters. The Hall–Kier alpha value is -2.95. The Labute approximate surface area is 134 Å². The molecule has 8 heteroatoms. The molecule has 1 fully saturated rings. The van der Waals surface area contributed by atoms with Gasteiger partial charge in [0.15, 0.2) is 11.3 Å². The zero-order chi connectivity index (χ0) is 16.9. The van der Waals surface area contributed by atoms with E-state index in [1.807, 2.05) is 6.07 Å². The van der Waals surface area contributed by atoms with Crippen molar-refractivity contribution in [1.82, 2.24) is 19.5 Å². The van der Waals surface area contributed by atoms with E-state index in [-0.39, 0.29) is 23.1 Å². The highest BCUT2D eigenvalue weighted by Crippen LogP contribution is 2.43. The van der Waals surface area contributed by atoms with Crippen molar-refractivity contribution in [2.75, 3.05) is 0 Å². The molecular formula is C16H10F3N5. The summed E-state index contributed by atoms with van der Waals surface area (Å²) in [6, 6.07) is 7.92. The maximum atomic E-state index is 13.3. The molecule has 0 N–H and O–H groups in total. The maximum absolute atomic E-state index is 13.3. The third-order valence-corrected chi connectivity index (χ3v) is 3.88. The summed E-state index contributed by atoms with van der Waals surface area (Å²) in [6.45, 7) is 0. The van der Waals surface area contributed by atoms with Crippen molar-refractivity contribution in [3.63, 3.8) is 0 Å². The molecule has 0 aromatic carbocycles. The lowest BCUT2D eigenvalue weighted by Crippen LogP contribution is -2.11. The van der Waals surface area contributed by atoms with Gasteiger partial charge in [-0.3, -0.25) is 4.98 Å². The Morgan fingerprint density at radius 1 is 1.17 bits per heavy atom. The summed E-state index contributed by atoms with van der Waals surface area (Å²) >= 11 is 0. The molecule has 0 saturated heterocycles. The minimum atomic E-state index is -4.58. The maximum Gasteiger partial charge on any atom is 0.434 e. The van der Waals surface area contributed by atoms with Gasteiger partial charge in [-0.2, -0.15) is 18.4 Å². The van der Waals surface area contributed by atoms with Crippen LogP contribution < -0.4 is 0 Å². The van der Waals surface area contributed by atoms with Gasteiger partial charge in [0.25, 0.3) is 0 Å². The number of aromatic nitrogens is 4. The van der Waals surface area contributed by atoms with Gasteiger partial charge in [-0.25, -0.2) is 9.97 Å². The molecule has 3 heterocycles. The Morgan fingerprint density at radius 2 is 1.96 bits per heavy atom. The van der Waals surface area contributed by atoms with Crippen LogP contribution in [0, 0.1) is 11.3 Å². The molecule has 0 spiro atoms. The molecule has 1 aliphatic rings. The van der Waals surface area contributed by atoms with Crippen LogP contribution >= 0.6 is 0 Å². The average Bonchev–Trinajstić information content (AvgIpc) is 3.33. The van der Waals surface area contributed by atoms with Crippen molar-refractivity contribution in [2.24, 2.45) is 0 Å². The van der Waals surface area contributed by atoms with Gasteiger partial charge in [0, 0.05) is 17.8 Å². The highest BCUT2D eigenvalue weighted by Gasteiger charge is 2.38. The van der Waals surface area contributed by atoms with Crippen LogP contribution in [0.3, 0.4) is 0 Å². The van der Waals surface area contributed by atoms with Crippen LogP contribution in [0.1, 0.15) is 30.3 Å². The highest BCUT2D eigenvalue weighted by molar-refractivity contribution is 5.79. The van der Waals surface area contributed by atoms with Crippen LogP contribution in [0.2, 0.25) is 0 Å². The Kier molecular flexibility index (Phi) is 3.06. The summed E-state index contributed by atoms with van der Waals surface area (Å²) in [5.74, 6) is 0.190. The molecule has 3 aromatic heterocycles. The van der Waals surface area contributed by atoms with E-state index in [1.54, 1.807) is 10.6 Å². The number of halogens is 3. The predicted molar refractivity (Wildman–Crippen MR) is 78.7 cm³/mol. The topological polar surface area (TPSA) is 67.4 Å². The van der Waals surface area contributed by atoms with Crippen LogP contribution in [0.15, 0.2) is 30.5 Å². The molecule has 3 aromatic rings. The first-order valence-electron chi connectivity index (χ1n) is 7.30. The smallest absolute Gasteiger partial charge is 0.305 e. The lowest BCUT2D eigenvalue weighted by Gasteiger charge is -2.12. The van der Waals surface area contributed by atoms with Crippen molar-refractivity contribution in [2.45, 2.75) is 25.1 Å². The van der Waals surface area contributed by atoms with Gasteiger partial charge < -0.3 is 4.57 Å². The van der Waals surface area contributed by atoms with E-state index in [0.29, 0.717) is 11.2 Å². The molecular weight excluding hydrogens is 319 g/mol. The SMILES string of the molecule is N#Cc1ccc2nc(-c3cccnc3C(F)(F)F)n(C3CC3)c2n1. The van der Waals surface area contributed by atoms with E-state index in [4.69, 9.17) is 5.26 Å². The molecule has 24 heavy (non-hydrogen) atoms. The third kappa shape index (κ3) is 2.29. The van der Waals surface area contributed by atoms with Crippen LogP contribution in [0.25, 0.3) is 22.6 Å². The average molecular weight is 329 g/mol. The lowest BCUT2D eigenvalue weighted by atomic mass is 10.1. The zero-order valence-corrected chi connectivity index (χ0v) is 12.2. The minimum Gasteiger partial charge on any atom is -0.305 e. The van der Waals surface area contributed by atoms with Crippen LogP contribution in [-0.2, 0) is 6.18 Å². The van der Waals surface area contributed by atoms with Crippen LogP contribution in [-0.4, -0.2) is 19.5 Å². The van der Waals surface area contributed by atoms with E-state index in [0.717, 1.165) is 19.0 Å². The summed E-state index contributed by atoms with van der Waals surface area (Å²) in [4.78, 5) is 12.1. The number of nitrogens with zero attached hydrogens (tertiary/aromatic N) is 5. The summed E-state index contributed by atoms with van der Waals surface area (Å²) in [6.07, 6.45) is -1.77. The number of alkyl halides is 3. The fourth-order valence-electron chi connectivity index (χ4n) is 2.72. The quantitative estimate of drug-likeness (QED) is 0.718. The van der Waals surface area contributed by atoms with Gasteiger partial charge in [0.2, 0.25) is 0 Å². The lowest BCUT2D eigenvalue weighted by molar-refractivity contribution is -0.140. The van der Waals surface area contributed by atoms with Crippen molar-refractivity contribution in [3.05, 3.63) is 41.9 Å². The van der Waals surface area contributed by atoms with Crippen molar-refractivity contribution >= 4 is 11.2 Å². The second-order valence-electron chi connectivity index (χ2n) is 5.58. The highest BCUT2D eigenvalue weighted by atomic mass is 19.4. The standard InChI is InChI=1S/C16H10F3N5/c17-16(18,19)13-11(2-1-7-21-13)14-23-12-6-3-9(8-20)22-15(12)24(14)10-4-5-10/h1-3,6-7,10H,4-5H2. The van der Waals surface area contributed by atoms with Crippen molar-refractivity contribution in [3.8, 4) is 17.5 Å². The second kappa shape index (κ2) is 5.03. The van der Waals surface area contributed by atoms with Crippen molar-refractivity contribution < 1.29 is 13.2 Å². The molecule has 120 valence electrons. The number of hydrogen-bond donors (Lipinski definition) is 0. The van der Waals surface area contributed by atoms with E-state index in [1.165, 1.54) is 18.2 Å². The molecule has 0 amide bonds. The molecule has 1 saturated carbocycles. The summed E-state index contributed by atoms with van der Waals surface area (Å²) in [7, 11) is 0. The van der Waals surface area contributed by atoms with E-state index in [9.17, 15) is 13.2 Å². The first-order chi connectivity index (χ1) is 11.5. The van der Waals surface area contributed by atoms with Gasteiger partial charge in [-0.05, 0) is 37.1 Å². The van der Waals surface area contributed by atoms with Gasteiger partial charge >= 0.3 is 6.18 Å².